The summed E-state index contributed by atoms with van der Waals surface area (Å²) in [6, 6.07) is 39.8. The number of hydrogen-bond acceptors (Lipinski definition) is 5. The Labute approximate surface area is 204 Å². The molecule has 0 amide bonds. The lowest BCUT2D eigenvalue weighted by Crippen LogP contribution is -2.53. The van der Waals surface area contributed by atoms with Gasteiger partial charge in [-0.3, -0.25) is 0 Å². The fourth-order valence-corrected chi connectivity index (χ4v) is 6.00. The fourth-order valence-electron chi connectivity index (χ4n) is 4.60. The highest BCUT2D eigenvalue weighted by atomic mass is 32.2. The minimum atomic E-state index is -0.705. The average molecular weight is 461 g/mol. The molecule has 0 aromatic heterocycles. The van der Waals surface area contributed by atoms with Crippen molar-refractivity contribution in [1.82, 2.24) is 0 Å². The minimum absolute atomic E-state index is 0.705. The quantitative estimate of drug-likeness (QED) is 0.327. The van der Waals surface area contributed by atoms with Crippen molar-refractivity contribution in [3.63, 3.8) is 0 Å². The lowest BCUT2D eigenvalue weighted by Gasteiger charge is -2.47. The molecule has 1 unspecified atom stereocenters. The van der Waals surface area contributed by atoms with Crippen molar-refractivity contribution in [1.29, 1.82) is 0 Å². The van der Waals surface area contributed by atoms with Crippen LogP contribution < -0.4 is 10.0 Å². The van der Waals surface area contributed by atoms with Gasteiger partial charge in [0.05, 0.1) is 17.1 Å². The second kappa shape index (κ2) is 8.50. The molecule has 4 nitrogen and oxygen atoms in total. The Bertz CT molecular complexity index is 1370. The van der Waals surface area contributed by atoms with Crippen LogP contribution in [0.5, 0.6) is 0 Å². The highest BCUT2D eigenvalue weighted by Crippen LogP contribution is 2.55. The third-order valence-corrected chi connectivity index (χ3v) is 7.53. The number of fused-ring (bicyclic) bond motifs is 2. The zero-order chi connectivity index (χ0) is 23.0. The van der Waals surface area contributed by atoms with Gasteiger partial charge >= 0.3 is 0 Å². The van der Waals surface area contributed by atoms with Crippen molar-refractivity contribution in [3.8, 4) is 0 Å². The van der Waals surface area contributed by atoms with Gasteiger partial charge < -0.3 is 0 Å². The van der Waals surface area contributed by atoms with Gasteiger partial charge in [-0.2, -0.15) is 10.2 Å². The molecule has 1 spiro atoms. The first-order valence-electron chi connectivity index (χ1n) is 11.5. The van der Waals surface area contributed by atoms with E-state index in [1.54, 1.807) is 11.8 Å². The van der Waals surface area contributed by atoms with Gasteiger partial charge in [-0.15, -0.1) is 0 Å². The van der Waals surface area contributed by atoms with Crippen molar-refractivity contribution >= 4 is 33.9 Å². The van der Waals surface area contributed by atoms with E-state index < -0.39 is 4.99 Å². The number of anilines is 2. The minimum Gasteiger partial charge on any atom is -0.223 e. The number of benzene rings is 4. The summed E-state index contributed by atoms with van der Waals surface area (Å²) < 4.78 is 0. The Morgan fingerprint density at radius 1 is 0.647 bits per heavy atom. The highest BCUT2D eigenvalue weighted by molar-refractivity contribution is 8.15. The Kier molecular flexibility index (Phi) is 5.19. The molecular formula is C29H24N4S. The van der Waals surface area contributed by atoms with Crippen LogP contribution in [0.25, 0.3) is 0 Å². The lowest BCUT2D eigenvalue weighted by atomic mass is 9.96. The Balaban J connectivity index is 1.64. The van der Waals surface area contributed by atoms with Crippen LogP contribution in [0, 0.1) is 0 Å². The van der Waals surface area contributed by atoms with Crippen molar-refractivity contribution in [2.24, 2.45) is 10.2 Å². The van der Waals surface area contributed by atoms with Crippen molar-refractivity contribution in [2.75, 3.05) is 10.0 Å². The molecule has 0 fully saturated rings. The number of thioether (sulfide) groups is 1. The maximum absolute atomic E-state index is 5.27. The Morgan fingerprint density at radius 2 is 1.18 bits per heavy atom. The van der Waals surface area contributed by atoms with E-state index in [2.05, 4.69) is 114 Å². The van der Waals surface area contributed by atoms with Gasteiger partial charge in [-0.05, 0) is 42.4 Å². The summed E-state index contributed by atoms with van der Waals surface area (Å²) >= 11 is 1.74. The average Bonchev–Trinajstić information content (AvgIpc) is 3.32. The first-order chi connectivity index (χ1) is 16.8. The molecule has 4 aromatic carbocycles. The molecular weight excluding hydrogens is 436 g/mol. The normalized spacial score (nSPS) is 19.1. The Hall–Kier alpha value is -3.83. The topological polar surface area (TPSA) is 31.2 Å². The van der Waals surface area contributed by atoms with Crippen LogP contribution >= 0.6 is 11.8 Å². The van der Waals surface area contributed by atoms with Crippen molar-refractivity contribution in [3.05, 3.63) is 132 Å². The molecule has 2 heterocycles. The fraction of sp³-hybridized carbons (Fsp3) is 0.103. The second-order valence-corrected chi connectivity index (χ2v) is 9.38. The summed E-state index contributed by atoms with van der Waals surface area (Å²) in [7, 11) is 0. The van der Waals surface area contributed by atoms with E-state index in [0.717, 1.165) is 34.1 Å². The molecule has 34 heavy (non-hydrogen) atoms. The van der Waals surface area contributed by atoms with Crippen LogP contribution in [-0.4, -0.2) is 10.8 Å². The molecule has 0 saturated heterocycles. The van der Waals surface area contributed by atoms with Gasteiger partial charge in [0, 0.05) is 16.7 Å². The molecule has 1 atom stereocenters. The van der Waals surface area contributed by atoms with Crippen LogP contribution in [0.3, 0.4) is 0 Å². The van der Waals surface area contributed by atoms with Gasteiger partial charge in [0.15, 0.2) is 0 Å². The molecule has 0 saturated carbocycles. The van der Waals surface area contributed by atoms with Crippen molar-refractivity contribution < 1.29 is 0 Å². The predicted molar refractivity (Wildman–Crippen MR) is 143 cm³/mol. The molecule has 0 bridgehead atoms. The van der Waals surface area contributed by atoms with Crippen molar-refractivity contribution in [2.45, 2.75) is 18.3 Å². The molecule has 0 N–H and O–H groups in total. The van der Waals surface area contributed by atoms with Crippen LogP contribution in [0.1, 0.15) is 30.0 Å². The molecule has 2 aliphatic heterocycles. The third-order valence-electron chi connectivity index (χ3n) is 6.17. The zero-order valence-electron chi connectivity index (χ0n) is 18.9. The van der Waals surface area contributed by atoms with E-state index in [9.17, 15) is 0 Å². The van der Waals surface area contributed by atoms with Crippen LogP contribution in [0.15, 0.2) is 125 Å². The molecule has 0 aliphatic carbocycles. The van der Waals surface area contributed by atoms with E-state index in [0.29, 0.717) is 0 Å². The summed E-state index contributed by atoms with van der Waals surface area (Å²) in [6.45, 7) is 2.17. The number of rotatable bonds is 4. The van der Waals surface area contributed by atoms with E-state index >= 15 is 0 Å². The zero-order valence-corrected chi connectivity index (χ0v) is 19.7. The highest BCUT2D eigenvalue weighted by Gasteiger charge is 2.55. The molecule has 5 heteroatoms. The predicted octanol–water partition coefficient (Wildman–Crippen LogP) is 7.05. The lowest BCUT2D eigenvalue weighted by molar-refractivity contribution is 0.548. The molecule has 4 aromatic rings. The van der Waals surface area contributed by atoms with E-state index in [1.165, 1.54) is 11.1 Å². The smallest absolute Gasteiger partial charge is 0.223 e. The van der Waals surface area contributed by atoms with E-state index in [1.807, 2.05) is 18.2 Å². The maximum atomic E-state index is 5.27. The first-order valence-corrected chi connectivity index (χ1v) is 12.3. The molecule has 166 valence electrons. The molecule has 0 radical (unpaired) electrons. The summed E-state index contributed by atoms with van der Waals surface area (Å²) in [5.74, 6) is 0. The number of nitrogens with zero attached hydrogens (tertiary/aromatic N) is 4. The SMILES string of the molecule is CCC1=NN(c2ccccc2)C2(SC(c3ccccc3)=NN2c2ccccc2)c2ccccc21. The Morgan fingerprint density at radius 3 is 1.79 bits per heavy atom. The summed E-state index contributed by atoms with van der Waals surface area (Å²) in [5.41, 5.74) is 6.59. The third kappa shape index (κ3) is 3.24. The molecule has 6 rings (SSSR count). The molecule has 2 aliphatic rings. The van der Waals surface area contributed by atoms with Crippen LogP contribution in [-0.2, 0) is 4.99 Å². The number of hydrogen-bond donors (Lipinski definition) is 0. The van der Waals surface area contributed by atoms with Crippen LogP contribution in [0.2, 0.25) is 0 Å². The summed E-state index contributed by atoms with van der Waals surface area (Å²) in [6.07, 6.45) is 0.846. The van der Waals surface area contributed by atoms with Gasteiger partial charge in [0.25, 0.3) is 0 Å². The van der Waals surface area contributed by atoms with Gasteiger partial charge in [0.2, 0.25) is 4.99 Å². The van der Waals surface area contributed by atoms with Gasteiger partial charge in [-0.25, -0.2) is 10.0 Å². The largest absolute Gasteiger partial charge is 0.234 e. The van der Waals surface area contributed by atoms with Crippen LogP contribution in [0.4, 0.5) is 11.4 Å². The van der Waals surface area contributed by atoms with Gasteiger partial charge in [-0.1, -0.05) is 97.9 Å². The summed E-state index contributed by atoms with van der Waals surface area (Å²) in [5, 5.41) is 15.8. The summed E-state index contributed by atoms with van der Waals surface area (Å²) in [4.78, 5) is -0.705. The van der Waals surface area contributed by atoms with E-state index in [4.69, 9.17) is 10.2 Å². The standard InChI is InChI=1S/C29H24N4S/c1-2-27-25-20-12-13-21-26(25)29(32(30-27)23-16-8-4-9-17-23)33(24-18-10-5-11-19-24)31-28(34-29)22-14-6-3-7-15-22/h3-21H,2H2,1H3. The second-order valence-electron chi connectivity index (χ2n) is 8.22. The maximum Gasteiger partial charge on any atom is 0.234 e. The number of hydrazone groups is 2. The first kappa shape index (κ1) is 20.8. The van der Waals surface area contributed by atoms with E-state index in [-0.39, 0.29) is 0 Å². The monoisotopic (exact) mass is 460 g/mol. The van der Waals surface area contributed by atoms with Gasteiger partial charge in [0.1, 0.15) is 5.04 Å². The number of para-hydroxylation sites is 2.